The first kappa shape index (κ1) is 15.5. The van der Waals surface area contributed by atoms with Crippen molar-refractivity contribution in [2.24, 2.45) is 0 Å². The number of hydrogen-bond donors (Lipinski definition) is 0. The highest BCUT2D eigenvalue weighted by Gasteiger charge is 2.23. The lowest BCUT2D eigenvalue weighted by Gasteiger charge is -2.21. The van der Waals surface area contributed by atoms with Crippen LogP contribution < -0.4 is 4.90 Å². The van der Waals surface area contributed by atoms with Gasteiger partial charge in [0.25, 0.3) is 5.91 Å². The van der Waals surface area contributed by atoms with Gasteiger partial charge >= 0.3 is 6.01 Å². The number of anilines is 1. The molecule has 0 N–H and O–H groups in total. The Morgan fingerprint density at radius 2 is 2.04 bits per heavy atom. The highest BCUT2D eigenvalue weighted by Crippen LogP contribution is 2.17. The Morgan fingerprint density at radius 3 is 2.88 bits per heavy atom. The fourth-order valence-corrected chi connectivity index (χ4v) is 2.98. The summed E-state index contributed by atoms with van der Waals surface area (Å²) in [7, 11) is 0. The predicted octanol–water partition coefficient (Wildman–Crippen LogP) is 1.67. The Hall–Kier alpha value is -3.03. The van der Waals surface area contributed by atoms with Gasteiger partial charge in [0.05, 0.1) is 16.6 Å². The topological polar surface area (TPSA) is 88.3 Å². The third kappa shape index (κ3) is 3.15. The van der Waals surface area contributed by atoms with Crippen LogP contribution in [0.15, 0.2) is 35.0 Å². The summed E-state index contributed by atoms with van der Waals surface area (Å²) in [6.07, 6.45) is 4.16. The summed E-state index contributed by atoms with van der Waals surface area (Å²) < 4.78 is 5.49. The molecule has 0 aromatic carbocycles. The molecule has 3 aromatic rings. The van der Waals surface area contributed by atoms with E-state index in [9.17, 15) is 4.79 Å². The monoisotopic (exact) mass is 338 g/mol. The van der Waals surface area contributed by atoms with E-state index in [-0.39, 0.29) is 5.91 Å². The summed E-state index contributed by atoms with van der Waals surface area (Å²) in [5.74, 6) is 0.519. The quantitative estimate of drug-likeness (QED) is 0.702. The lowest BCUT2D eigenvalue weighted by Crippen LogP contribution is -2.35. The van der Waals surface area contributed by atoms with E-state index in [1.54, 1.807) is 25.4 Å². The second kappa shape index (κ2) is 6.46. The van der Waals surface area contributed by atoms with Crippen molar-refractivity contribution in [3.63, 3.8) is 0 Å². The molecule has 0 atom stereocenters. The number of hydrogen-bond acceptors (Lipinski definition) is 7. The molecule has 1 aliphatic rings. The van der Waals surface area contributed by atoms with Gasteiger partial charge in [0.15, 0.2) is 0 Å². The zero-order valence-electron chi connectivity index (χ0n) is 13.9. The van der Waals surface area contributed by atoms with Gasteiger partial charge in [0, 0.05) is 45.5 Å². The summed E-state index contributed by atoms with van der Waals surface area (Å²) in [5, 5.41) is 7.93. The second-order valence-electron chi connectivity index (χ2n) is 6.00. The Labute approximate surface area is 144 Å². The Balaban J connectivity index is 1.50. The van der Waals surface area contributed by atoms with Crippen molar-refractivity contribution in [1.29, 1.82) is 0 Å². The number of amides is 1. The Bertz CT molecular complexity index is 909. The maximum absolute atomic E-state index is 12.8. The molecule has 1 amide bonds. The molecule has 0 bridgehead atoms. The average molecular weight is 338 g/mol. The first-order valence-corrected chi connectivity index (χ1v) is 8.26. The van der Waals surface area contributed by atoms with E-state index in [4.69, 9.17) is 4.42 Å². The molecular weight excluding hydrogens is 320 g/mol. The van der Waals surface area contributed by atoms with Crippen LogP contribution >= 0.6 is 0 Å². The number of aryl methyl sites for hydroxylation is 1. The highest BCUT2D eigenvalue weighted by molar-refractivity contribution is 5.96. The number of carbonyl (C=O) groups is 1. The van der Waals surface area contributed by atoms with Crippen molar-refractivity contribution in [1.82, 2.24) is 25.1 Å². The third-order valence-electron chi connectivity index (χ3n) is 4.27. The third-order valence-corrected chi connectivity index (χ3v) is 4.27. The highest BCUT2D eigenvalue weighted by atomic mass is 16.4. The maximum atomic E-state index is 12.8. The van der Waals surface area contributed by atoms with E-state index in [2.05, 4.69) is 20.2 Å². The van der Waals surface area contributed by atoms with Crippen LogP contribution in [0.1, 0.15) is 22.7 Å². The van der Waals surface area contributed by atoms with E-state index in [1.165, 1.54) is 0 Å². The van der Waals surface area contributed by atoms with E-state index in [0.717, 1.165) is 24.0 Å². The molecule has 128 valence electrons. The van der Waals surface area contributed by atoms with Crippen molar-refractivity contribution in [2.45, 2.75) is 13.3 Å². The molecule has 1 aliphatic heterocycles. The first-order valence-electron chi connectivity index (χ1n) is 8.26. The van der Waals surface area contributed by atoms with Crippen LogP contribution in [0.5, 0.6) is 0 Å². The molecule has 0 unspecified atom stereocenters. The molecule has 8 nitrogen and oxygen atoms in total. The summed E-state index contributed by atoms with van der Waals surface area (Å²) in [4.78, 5) is 25.3. The van der Waals surface area contributed by atoms with Gasteiger partial charge < -0.3 is 14.2 Å². The van der Waals surface area contributed by atoms with Crippen LogP contribution in [0.2, 0.25) is 0 Å². The van der Waals surface area contributed by atoms with Crippen LogP contribution in [-0.4, -0.2) is 57.2 Å². The maximum Gasteiger partial charge on any atom is 0.318 e. The zero-order chi connectivity index (χ0) is 17.2. The first-order chi connectivity index (χ1) is 12.2. The lowest BCUT2D eigenvalue weighted by atomic mass is 10.2. The van der Waals surface area contributed by atoms with Gasteiger partial charge in [-0.3, -0.25) is 14.8 Å². The number of nitrogens with zero attached hydrogens (tertiary/aromatic N) is 6. The van der Waals surface area contributed by atoms with Crippen molar-refractivity contribution in [2.75, 3.05) is 31.1 Å². The summed E-state index contributed by atoms with van der Waals surface area (Å²) in [5.41, 5.74) is 2.08. The number of pyridine rings is 2. The van der Waals surface area contributed by atoms with E-state index in [0.29, 0.717) is 37.1 Å². The molecule has 0 aliphatic carbocycles. The Morgan fingerprint density at radius 1 is 1.12 bits per heavy atom. The zero-order valence-corrected chi connectivity index (χ0v) is 13.9. The minimum atomic E-state index is -0.0244. The number of fused-ring (bicyclic) bond motifs is 1. The average Bonchev–Trinajstić information content (AvgIpc) is 2.93. The fourth-order valence-electron chi connectivity index (χ4n) is 2.98. The van der Waals surface area contributed by atoms with Gasteiger partial charge in [0.2, 0.25) is 5.89 Å². The minimum Gasteiger partial charge on any atom is -0.408 e. The molecule has 0 saturated carbocycles. The van der Waals surface area contributed by atoms with Crippen LogP contribution in [0.4, 0.5) is 6.01 Å². The second-order valence-corrected chi connectivity index (χ2v) is 6.00. The van der Waals surface area contributed by atoms with E-state index in [1.807, 2.05) is 21.9 Å². The van der Waals surface area contributed by atoms with Crippen molar-refractivity contribution < 1.29 is 9.21 Å². The van der Waals surface area contributed by atoms with E-state index >= 15 is 0 Å². The summed E-state index contributed by atoms with van der Waals surface area (Å²) in [6, 6.07) is 6.03. The minimum absolute atomic E-state index is 0.0244. The summed E-state index contributed by atoms with van der Waals surface area (Å²) in [6.45, 7) is 4.49. The van der Waals surface area contributed by atoms with Gasteiger partial charge in [0.1, 0.15) is 0 Å². The van der Waals surface area contributed by atoms with Gasteiger partial charge in [-0.2, -0.15) is 0 Å². The smallest absolute Gasteiger partial charge is 0.318 e. The molecule has 4 heterocycles. The van der Waals surface area contributed by atoms with E-state index < -0.39 is 0 Å². The van der Waals surface area contributed by atoms with Crippen LogP contribution in [0, 0.1) is 6.92 Å². The normalized spacial score (nSPS) is 15.4. The molecule has 0 spiro atoms. The number of carbonyl (C=O) groups excluding carboxylic acids is 1. The molecule has 25 heavy (non-hydrogen) atoms. The molecule has 1 saturated heterocycles. The van der Waals surface area contributed by atoms with Crippen LogP contribution in [0.3, 0.4) is 0 Å². The van der Waals surface area contributed by atoms with Gasteiger partial charge in [-0.15, -0.1) is 5.10 Å². The van der Waals surface area contributed by atoms with Gasteiger partial charge in [-0.05, 0) is 24.6 Å². The molecule has 1 fully saturated rings. The molecule has 0 radical (unpaired) electrons. The molecule has 4 rings (SSSR count). The molecular formula is C17H18N6O2. The summed E-state index contributed by atoms with van der Waals surface area (Å²) >= 11 is 0. The van der Waals surface area contributed by atoms with Crippen LogP contribution in [-0.2, 0) is 0 Å². The Kier molecular flexibility index (Phi) is 4.01. The van der Waals surface area contributed by atoms with Gasteiger partial charge in [-0.25, -0.2) is 0 Å². The van der Waals surface area contributed by atoms with Crippen molar-refractivity contribution >= 4 is 23.0 Å². The van der Waals surface area contributed by atoms with Crippen LogP contribution in [0.25, 0.3) is 11.0 Å². The van der Waals surface area contributed by atoms with Crippen molar-refractivity contribution in [3.05, 3.63) is 42.0 Å². The molecule has 8 heteroatoms. The van der Waals surface area contributed by atoms with Crippen molar-refractivity contribution in [3.8, 4) is 0 Å². The van der Waals surface area contributed by atoms with Gasteiger partial charge in [-0.1, -0.05) is 5.10 Å². The SMILES string of the molecule is Cc1nnc(N2CCCN(C(=O)c3cnc4cccnc4c3)CC2)o1. The molecule has 3 aromatic heterocycles. The fraction of sp³-hybridized carbons (Fsp3) is 0.353. The number of rotatable bonds is 2. The largest absolute Gasteiger partial charge is 0.408 e. The predicted molar refractivity (Wildman–Crippen MR) is 91.3 cm³/mol. The number of aromatic nitrogens is 4. The standard InChI is InChI=1S/C17H18N6O2/c1-12-20-21-17(25-12)23-7-3-6-22(8-9-23)16(24)13-10-15-14(19-11-13)4-2-5-18-15/h2,4-5,10-11H,3,6-9H2,1H3. The lowest BCUT2D eigenvalue weighted by molar-refractivity contribution is 0.0766.